The molecular formula is C70H69Cl2N11O22. The van der Waals surface area contributed by atoms with Crippen molar-refractivity contribution in [1.29, 1.82) is 0 Å². The SMILES string of the molecule is NCCNC(=O)C(CCO)OC(=O)[C@@H]1NC(=O)[C@H]2NC(=O)[C@H](NC(=O)[C@@H]3NC(=O)[C@H]4NC(=O)[C@@H](Cc5ccc(c(Cl)c5)Oc5cc3cc(c5OC(CCO)C(=O)NCCN)Oc3ccc(cc3Cl)[C@H]2O)NC(=O)[C@@H](N)c2ccc(O)c(c2)Oc2cc(O)cc4c2)c2ccc(O)c(c2)-c2c(O)cc(O)cc21. The average molecular weight is 1490 g/mol. The van der Waals surface area contributed by atoms with Crippen molar-refractivity contribution in [2.24, 2.45) is 17.2 Å². The number of phenols is 5. The first-order valence-corrected chi connectivity index (χ1v) is 33.2. The van der Waals surface area contributed by atoms with Gasteiger partial charge in [0.1, 0.15) is 82.6 Å². The Kier molecular flexibility index (Phi) is 22.6. The molecule has 0 fully saturated rings. The number of carbonyl (C=O) groups excluding carboxylic acids is 9. The van der Waals surface area contributed by atoms with E-state index in [-0.39, 0.29) is 82.0 Å². The number of nitrogens with one attached hydrogen (secondary N) is 8. The maximum atomic E-state index is 16.3. The molecule has 2 unspecified atom stereocenters. The number of aliphatic hydroxyl groups excluding tert-OH is 3. The molecule has 105 heavy (non-hydrogen) atoms. The van der Waals surface area contributed by atoms with Gasteiger partial charge in [0.15, 0.2) is 41.2 Å². The summed E-state index contributed by atoms with van der Waals surface area (Å²) in [6.07, 6.45) is -7.08. The lowest BCUT2D eigenvalue weighted by Crippen LogP contribution is -2.55. The number of aromatic hydroxyl groups is 5. The highest BCUT2D eigenvalue weighted by Gasteiger charge is 2.43. The van der Waals surface area contributed by atoms with Crippen LogP contribution in [0.25, 0.3) is 11.1 Å². The van der Waals surface area contributed by atoms with Gasteiger partial charge in [-0.2, -0.15) is 0 Å². The number of aliphatic hydroxyl groups is 3. The topological polar surface area (TPSA) is 536 Å². The maximum Gasteiger partial charge on any atom is 0.334 e. The molecule has 6 heterocycles. The predicted octanol–water partition coefficient (Wildman–Crippen LogP) is 1.77. The number of hydrogen-bond donors (Lipinski definition) is 19. The molecule has 33 nitrogen and oxygen atoms in total. The molecular weight excluding hydrogens is 1420 g/mol. The van der Waals surface area contributed by atoms with Crippen LogP contribution in [0.5, 0.6) is 69.0 Å². The highest BCUT2D eigenvalue weighted by molar-refractivity contribution is 6.32. The summed E-state index contributed by atoms with van der Waals surface area (Å²) in [6, 6.07) is 7.01. The fourth-order valence-corrected chi connectivity index (χ4v) is 12.5. The summed E-state index contributed by atoms with van der Waals surface area (Å²) in [5.74, 6) is -17.1. The van der Waals surface area contributed by atoms with Crippen LogP contribution in [0.15, 0.2) is 115 Å². The number of phenolic OH excluding ortho intramolecular Hbond substituents is 5. The van der Waals surface area contributed by atoms with Crippen molar-refractivity contribution in [3.8, 4) is 80.1 Å². The number of rotatable bonds is 14. The predicted molar refractivity (Wildman–Crippen MR) is 367 cm³/mol. The number of nitrogens with two attached hydrogens (primary N) is 3. The number of hydrogen-bond acceptors (Lipinski definition) is 25. The second kappa shape index (κ2) is 31.9. The van der Waals surface area contributed by atoms with Gasteiger partial charge >= 0.3 is 5.97 Å². The van der Waals surface area contributed by atoms with E-state index >= 15 is 24.0 Å². The molecule has 0 radical (unpaired) electrons. The highest BCUT2D eigenvalue weighted by Crippen LogP contribution is 2.49. The summed E-state index contributed by atoms with van der Waals surface area (Å²) in [4.78, 5) is 135. The van der Waals surface area contributed by atoms with E-state index in [1.807, 2.05) is 0 Å². The smallest absolute Gasteiger partial charge is 0.334 e. The number of amides is 8. The molecule has 10 atom stereocenters. The first-order chi connectivity index (χ1) is 50.2. The summed E-state index contributed by atoms with van der Waals surface area (Å²) in [7, 11) is 0. The molecule has 22 N–H and O–H groups in total. The van der Waals surface area contributed by atoms with Crippen LogP contribution in [-0.4, -0.2) is 158 Å². The number of esters is 1. The van der Waals surface area contributed by atoms with Crippen molar-refractivity contribution in [1.82, 2.24) is 42.5 Å². The zero-order valence-electron chi connectivity index (χ0n) is 54.9. The molecule has 0 aromatic heterocycles. The Morgan fingerprint density at radius 3 is 1.74 bits per heavy atom. The third kappa shape index (κ3) is 16.4. The fraction of sp³-hybridized carbons (Fsp3) is 0.271. The quantitative estimate of drug-likeness (QED) is 0.0690. The van der Waals surface area contributed by atoms with Crippen molar-refractivity contribution in [2.75, 3.05) is 39.4 Å². The Balaban J connectivity index is 1.17. The van der Waals surface area contributed by atoms with Crippen LogP contribution in [-0.2, 0) is 54.3 Å². The molecule has 7 aromatic carbocycles. The molecule has 0 saturated carbocycles. The molecule has 6 aliphatic heterocycles. The van der Waals surface area contributed by atoms with E-state index < -0.39 is 220 Å². The van der Waals surface area contributed by atoms with Crippen molar-refractivity contribution < 1.29 is 108 Å². The molecule has 6 aliphatic rings. The van der Waals surface area contributed by atoms with E-state index in [1.54, 1.807) is 0 Å². The molecule has 7 aromatic rings. The normalized spacial score (nSPS) is 20.5. The van der Waals surface area contributed by atoms with Gasteiger partial charge in [0.05, 0.1) is 10.0 Å². The number of fused-ring (bicyclic) bond motifs is 14. The molecule has 17 bridgehead atoms. The minimum Gasteiger partial charge on any atom is -0.508 e. The lowest BCUT2D eigenvalue weighted by molar-refractivity contribution is -0.160. The maximum absolute atomic E-state index is 16.3. The van der Waals surface area contributed by atoms with Gasteiger partial charge in [-0.15, -0.1) is 0 Å². The van der Waals surface area contributed by atoms with Crippen LogP contribution in [0.2, 0.25) is 10.0 Å². The van der Waals surface area contributed by atoms with E-state index in [1.165, 1.54) is 48.5 Å². The molecule has 35 heteroatoms. The second-order valence-electron chi connectivity index (χ2n) is 24.5. The highest BCUT2D eigenvalue weighted by atomic mass is 35.5. The summed E-state index contributed by atoms with van der Waals surface area (Å²) in [5.41, 5.74) is 15.2. The molecule has 550 valence electrons. The van der Waals surface area contributed by atoms with Gasteiger partial charge in [-0.25, -0.2) is 4.79 Å². The molecule has 0 aliphatic carbocycles. The Labute approximate surface area is 604 Å². The number of carbonyl (C=O) groups is 9. The van der Waals surface area contributed by atoms with Gasteiger partial charge in [-0.3, -0.25) is 38.4 Å². The van der Waals surface area contributed by atoms with E-state index in [0.29, 0.717) is 0 Å². The van der Waals surface area contributed by atoms with Gasteiger partial charge in [-0.1, -0.05) is 47.5 Å². The third-order valence-electron chi connectivity index (χ3n) is 17.2. The number of ether oxygens (including phenoxy) is 5. The van der Waals surface area contributed by atoms with Gasteiger partial charge in [0.2, 0.25) is 41.2 Å². The average Bonchev–Trinajstić information content (AvgIpc) is 0.763. The van der Waals surface area contributed by atoms with Crippen molar-refractivity contribution in [3.63, 3.8) is 0 Å². The van der Waals surface area contributed by atoms with Gasteiger partial charge in [0.25, 0.3) is 11.8 Å². The third-order valence-corrected chi connectivity index (χ3v) is 17.8. The standard InChI is InChI=1S/C70H69Cl2N11O22/c71-40-17-29-1-7-46(40)102-51-24-34-25-52(61(51)104-48(9-15-84)63(93)76-13-11-73)103-47-8-4-32(22-41(47)72)60(91)59-69(99)82-58(70(100)105-49(10-16-85)64(94)77-14-12-74)39-27-36(87)28-45(90)53(39)38-21-31(3-5-43(38)88)55(66(96)83-59)80-68(98)57(34)81-67(97)56-33-19-35(86)26-37(20-33)101-50-23-30(2-6-44(50)89)54(75)65(95)78-42(18-29)62(92)79-56/h1-8,17,19-28,42,48-49,54-60,84-91H,9-16,18,73-75H2,(H,76,93)(H,77,94)(H,78,95)(H,79,92)(H,80,98)(H,81,97)(H,82,99)(H,83,96)/t42-,48?,49?,54+,55-,56+,57-,58-,59+,60-/m1/s1. The fourth-order valence-electron chi connectivity index (χ4n) is 12.0. The van der Waals surface area contributed by atoms with Crippen molar-refractivity contribution in [2.45, 2.75) is 79.9 Å². The van der Waals surface area contributed by atoms with Crippen LogP contribution in [0.1, 0.15) is 88.1 Å². The second-order valence-corrected chi connectivity index (χ2v) is 25.3. The molecule has 8 amide bonds. The summed E-state index contributed by atoms with van der Waals surface area (Å²) >= 11 is 14.2. The van der Waals surface area contributed by atoms with Crippen LogP contribution in [0.4, 0.5) is 0 Å². The van der Waals surface area contributed by atoms with E-state index in [4.69, 9.17) is 64.1 Å². The van der Waals surface area contributed by atoms with Crippen LogP contribution >= 0.6 is 23.2 Å². The van der Waals surface area contributed by atoms with Gasteiger partial charge in [-0.05, 0) is 112 Å². The summed E-state index contributed by atoms with van der Waals surface area (Å²) in [6.45, 7) is -1.74. The lowest BCUT2D eigenvalue weighted by Gasteiger charge is -2.32. The Bertz CT molecular complexity index is 4630. The molecule has 0 spiro atoms. The van der Waals surface area contributed by atoms with Crippen LogP contribution in [0.3, 0.4) is 0 Å². The summed E-state index contributed by atoms with van der Waals surface area (Å²) in [5, 5.41) is 110. The number of benzene rings is 7. The molecule has 13 rings (SSSR count). The van der Waals surface area contributed by atoms with E-state index in [2.05, 4.69) is 42.5 Å². The van der Waals surface area contributed by atoms with E-state index in [9.17, 15) is 60.0 Å². The van der Waals surface area contributed by atoms with Crippen molar-refractivity contribution in [3.05, 3.63) is 164 Å². The van der Waals surface area contributed by atoms with Crippen molar-refractivity contribution >= 4 is 76.4 Å². The van der Waals surface area contributed by atoms with Crippen LogP contribution < -0.4 is 78.7 Å². The minimum absolute atomic E-state index is 0.0455. The largest absolute Gasteiger partial charge is 0.508 e. The monoisotopic (exact) mass is 1490 g/mol. The van der Waals surface area contributed by atoms with E-state index in [0.717, 1.165) is 66.7 Å². The number of halogens is 2. The minimum atomic E-state index is -2.34. The summed E-state index contributed by atoms with van der Waals surface area (Å²) < 4.78 is 31.4. The molecule has 0 saturated heterocycles. The zero-order valence-corrected chi connectivity index (χ0v) is 56.4. The zero-order chi connectivity index (χ0) is 75.2. The Hall–Kier alpha value is -11.7. The van der Waals surface area contributed by atoms with Gasteiger partial charge < -0.3 is 124 Å². The van der Waals surface area contributed by atoms with Crippen LogP contribution in [0, 0.1) is 0 Å². The lowest BCUT2D eigenvalue weighted by atomic mass is 9.89. The first kappa shape index (κ1) is 74.5. The van der Waals surface area contributed by atoms with Gasteiger partial charge in [0, 0.05) is 87.5 Å². The Morgan fingerprint density at radius 1 is 0.533 bits per heavy atom. The Morgan fingerprint density at radius 2 is 1.10 bits per heavy atom. The first-order valence-electron chi connectivity index (χ1n) is 32.4.